The quantitative estimate of drug-likeness (QED) is 0.602. The Kier molecular flexibility index (Phi) is 5.89. The first-order valence-corrected chi connectivity index (χ1v) is 9.68. The molecule has 0 bridgehead atoms. The van der Waals surface area contributed by atoms with Gasteiger partial charge in [-0.3, -0.25) is 14.4 Å². The molecule has 0 aliphatic heterocycles. The number of hydrogen-bond donors (Lipinski definition) is 2. The molecule has 1 unspecified atom stereocenters. The van der Waals surface area contributed by atoms with Crippen LogP contribution in [-0.2, 0) is 14.4 Å². The van der Waals surface area contributed by atoms with Gasteiger partial charge in [0.25, 0.3) is 5.91 Å². The van der Waals surface area contributed by atoms with Crippen molar-refractivity contribution in [2.45, 2.75) is 33.7 Å². The summed E-state index contributed by atoms with van der Waals surface area (Å²) in [4.78, 5) is 37.8. The van der Waals surface area contributed by atoms with Crippen LogP contribution in [0.5, 0.6) is 0 Å². The summed E-state index contributed by atoms with van der Waals surface area (Å²) < 4.78 is 1.32. The van der Waals surface area contributed by atoms with Gasteiger partial charge in [-0.15, -0.1) is 5.10 Å². The predicted molar refractivity (Wildman–Crippen MR) is 115 cm³/mol. The van der Waals surface area contributed by atoms with Gasteiger partial charge >= 0.3 is 0 Å². The number of hydrogen-bond acceptors (Lipinski definition) is 5. The van der Waals surface area contributed by atoms with Crippen molar-refractivity contribution in [3.05, 3.63) is 47.5 Å². The number of aromatic nitrogens is 3. The molecule has 9 heteroatoms. The topological polar surface area (TPSA) is 106 Å². The standard InChI is InChI=1S/C21H22ClN5O3/c1-12(28)23-13-9-10-14(22)16(11-13)24-20(30)18(19(29)21(2,3)4)27-17-8-6-5-7-15(17)25-26-27/h5-11,18H,1-4H3,(H,23,28)(H,24,30). The first-order valence-electron chi connectivity index (χ1n) is 9.30. The summed E-state index contributed by atoms with van der Waals surface area (Å²) in [6.07, 6.45) is 0. The summed E-state index contributed by atoms with van der Waals surface area (Å²) in [5.74, 6) is -1.19. The van der Waals surface area contributed by atoms with E-state index in [0.717, 1.165) is 0 Å². The third kappa shape index (κ3) is 4.49. The molecule has 0 saturated heterocycles. The van der Waals surface area contributed by atoms with E-state index in [1.165, 1.54) is 17.7 Å². The smallest absolute Gasteiger partial charge is 0.257 e. The van der Waals surface area contributed by atoms with Crippen molar-refractivity contribution >= 4 is 51.6 Å². The lowest BCUT2D eigenvalue weighted by molar-refractivity contribution is -0.135. The zero-order valence-corrected chi connectivity index (χ0v) is 17.8. The fourth-order valence-corrected chi connectivity index (χ4v) is 3.10. The van der Waals surface area contributed by atoms with Crippen molar-refractivity contribution in [3.63, 3.8) is 0 Å². The number of ketones is 1. The van der Waals surface area contributed by atoms with Crippen molar-refractivity contribution < 1.29 is 14.4 Å². The summed E-state index contributed by atoms with van der Waals surface area (Å²) in [7, 11) is 0. The lowest BCUT2D eigenvalue weighted by atomic mass is 9.86. The Bertz CT molecular complexity index is 1130. The molecular formula is C21H22ClN5O3. The minimum absolute atomic E-state index is 0.260. The van der Waals surface area contributed by atoms with Crippen LogP contribution in [0.25, 0.3) is 11.0 Å². The van der Waals surface area contributed by atoms with Gasteiger partial charge in [0.05, 0.1) is 16.2 Å². The molecule has 1 atom stereocenters. The van der Waals surface area contributed by atoms with Crippen LogP contribution < -0.4 is 10.6 Å². The van der Waals surface area contributed by atoms with Crippen molar-refractivity contribution in [3.8, 4) is 0 Å². The highest BCUT2D eigenvalue weighted by atomic mass is 35.5. The van der Waals surface area contributed by atoms with E-state index in [1.807, 2.05) is 0 Å². The average molecular weight is 428 g/mol. The van der Waals surface area contributed by atoms with E-state index in [-0.39, 0.29) is 22.4 Å². The van der Waals surface area contributed by atoms with Crippen LogP contribution in [0.3, 0.4) is 0 Å². The van der Waals surface area contributed by atoms with Crippen LogP contribution >= 0.6 is 11.6 Å². The second kappa shape index (κ2) is 8.23. The van der Waals surface area contributed by atoms with Gasteiger partial charge in [0.15, 0.2) is 11.8 Å². The van der Waals surface area contributed by atoms with Gasteiger partial charge in [-0.25, -0.2) is 4.68 Å². The fraction of sp³-hybridized carbons (Fsp3) is 0.286. The highest BCUT2D eigenvalue weighted by Gasteiger charge is 2.38. The lowest BCUT2D eigenvalue weighted by Crippen LogP contribution is -2.39. The van der Waals surface area contributed by atoms with Crippen LogP contribution in [0.2, 0.25) is 5.02 Å². The second-order valence-electron chi connectivity index (χ2n) is 7.90. The molecule has 0 spiro atoms. The molecule has 2 aromatic carbocycles. The molecule has 3 aromatic rings. The number of rotatable bonds is 5. The minimum atomic E-state index is -1.25. The van der Waals surface area contributed by atoms with Crippen LogP contribution in [0.1, 0.15) is 33.7 Å². The number of para-hydroxylation sites is 1. The zero-order chi connectivity index (χ0) is 22.1. The minimum Gasteiger partial charge on any atom is -0.326 e. The number of Topliss-reactive ketones (excluding diaryl/α,β-unsaturated/α-hetero) is 1. The number of fused-ring (bicyclic) bond motifs is 1. The SMILES string of the molecule is CC(=O)Nc1ccc(Cl)c(NC(=O)C(C(=O)C(C)(C)C)n2nnc3ccccc32)c1. The first kappa shape index (κ1) is 21.4. The zero-order valence-electron chi connectivity index (χ0n) is 17.1. The first-order chi connectivity index (χ1) is 14.1. The number of halogens is 1. The summed E-state index contributed by atoms with van der Waals surface area (Å²) in [5, 5.41) is 13.7. The molecule has 156 valence electrons. The molecule has 0 radical (unpaired) electrons. The number of carbonyl (C=O) groups excluding carboxylic acids is 3. The van der Waals surface area contributed by atoms with Gasteiger partial charge in [-0.1, -0.05) is 49.7 Å². The Balaban J connectivity index is 2.02. The van der Waals surface area contributed by atoms with Gasteiger partial charge in [0, 0.05) is 18.0 Å². The number of nitrogens with one attached hydrogen (secondary N) is 2. The van der Waals surface area contributed by atoms with Crippen molar-refractivity contribution in [1.82, 2.24) is 15.0 Å². The second-order valence-corrected chi connectivity index (χ2v) is 8.31. The summed E-state index contributed by atoms with van der Waals surface area (Å²) in [6.45, 7) is 6.58. The van der Waals surface area contributed by atoms with Crippen molar-refractivity contribution in [2.75, 3.05) is 10.6 Å². The van der Waals surface area contributed by atoms with Gasteiger partial charge in [-0.2, -0.15) is 0 Å². The van der Waals surface area contributed by atoms with Crippen LogP contribution in [0.15, 0.2) is 42.5 Å². The van der Waals surface area contributed by atoms with E-state index >= 15 is 0 Å². The molecule has 0 saturated carbocycles. The molecule has 2 amide bonds. The van der Waals surface area contributed by atoms with Crippen LogP contribution in [0, 0.1) is 5.41 Å². The van der Waals surface area contributed by atoms with E-state index in [2.05, 4.69) is 20.9 Å². The van der Waals surface area contributed by atoms with Crippen LogP contribution in [-0.4, -0.2) is 32.6 Å². The molecule has 30 heavy (non-hydrogen) atoms. The normalized spacial score (nSPS) is 12.4. The number of benzene rings is 2. The molecule has 3 rings (SSSR count). The molecule has 0 aliphatic rings. The number of amides is 2. The maximum Gasteiger partial charge on any atom is 0.257 e. The van der Waals surface area contributed by atoms with Gasteiger partial charge in [0.2, 0.25) is 5.91 Å². The number of nitrogens with zero attached hydrogens (tertiary/aromatic N) is 3. The van der Waals surface area contributed by atoms with Gasteiger partial charge < -0.3 is 10.6 Å². The summed E-state index contributed by atoms with van der Waals surface area (Å²) >= 11 is 6.22. The lowest BCUT2D eigenvalue weighted by Gasteiger charge is -2.24. The van der Waals surface area contributed by atoms with Gasteiger partial charge in [0.1, 0.15) is 5.52 Å². The molecule has 1 aromatic heterocycles. The highest BCUT2D eigenvalue weighted by molar-refractivity contribution is 6.34. The Morgan fingerprint density at radius 2 is 1.77 bits per heavy atom. The third-order valence-corrected chi connectivity index (χ3v) is 4.73. The predicted octanol–water partition coefficient (Wildman–Crippen LogP) is 3.84. The maximum absolute atomic E-state index is 13.3. The molecule has 2 N–H and O–H groups in total. The van der Waals surface area contributed by atoms with E-state index in [1.54, 1.807) is 57.2 Å². The number of carbonyl (C=O) groups is 3. The molecular weight excluding hydrogens is 406 g/mol. The largest absolute Gasteiger partial charge is 0.326 e. The average Bonchev–Trinajstić information content (AvgIpc) is 3.07. The Labute approximate surface area is 178 Å². The molecule has 0 fully saturated rings. The monoisotopic (exact) mass is 427 g/mol. The Hall–Kier alpha value is -3.26. The third-order valence-electron chi connectivity index (χ3n) is 4.40. The van der Waals surface area contributed by atoms with Gasteiger partial charge in [-0.05, 0) is 30.3 Å². The Morgan fingerprint density at radius 1 is 1.07 bits per heavy atom. The van der Waals surface area contributed by atoms with E-state index in [0.29, 0.717) is 16.7 Å². The van der Waals surface area contributed by atoms with E-state index < -0.39 is 17.4 Å². The maximum atomic E-state index is 13.3. The summed E-state index contributed by atoms with van der Waals surface area (Å²) in [6, 6.07) is 10.5. The summed E-state index contributed by atoms with van der Waals surface area (Å²) in [5.41, 5.74) is 1.06. The van der Waals surface area contributed by atoms with E-state index in [9.17, 15) is 14.4 Å². The van der Waals surface area contributed by atoms with Crippen molar-refractivity contribution in [1.29, 1.82) is 0 Å². The molecule has 1 heterocycles. The Morgan fingerprint density at radius 3 is 2.43 bits per heavy atom. The van der Waals surface area contributed by atoms with Crippen molar-refractivity contribution in [2.24, 2.45) is 5.41 Å². The molecule has 0 aliphatic carbocycles. The molecule has 8 nitrogen and oxygen atoms in total. The highest BCUT2D eigenvalue weighted by Crippen LogP contribution is 2.30. The number of anilines is 2. The van der Waals surface area contributed by atoms with E-state index in [4.69, 9.17) is 11.6 Å². The fourth-order valence-electron chi connectivity index (χ4n) is 2.93. The van der Waals surface area contributed by atoms with Crippen LogP contribution in [0.4, 0.5) is 11.4 Å².